The van der Waals surface area contributed by atoms with E-state index in [1.807, 2.05) is 24.3 Å². The molecule has 0 unspecified atom stereocenters. The molecule has 0 spiro atoms. The van der Waals surface area contributed by atoms with Crippen LogP contribution in [-0.2, 0) is 11.2 Å². The number of hydrogen-bond acceptors (Lipinski definition) is 3. The van der Waals surface area contributed by atoms with Gasteiger partial charge in [-0.3, -0.25) is 14.7 Å². The first-order valence-corrected chi connectivity index (χ1v) is 6.53. The number of hydrogen-bond donors (Lipinski definition) is 3. The molecule has 0 radical (unpaired) electrons. The van der Waals surface area contributed by atoms with Crippen molar-refractivity contribution < 1.29 is 9.90 Å². The number of benzene rings is 1. The largest absolute Gasteiger partial charge is 0.481 e. The van der Waals surface area contributed by atoms with Gasteiger partial charge in [0.2, 0.25) is 5.95 Å². The van der Waals surface area contributed by atoms with Crippen LogP contribution < -0.4 is 5.56 Å². The Morgan fingerprint density at radius 1 is 1.38 bits per heavy atom. The summed E-state index contributed by atoms with van der Waals surface area (Å²) in [6.45, 7) is 1.75. The lowest BCUT2D eigenvalue weighted by atomic mass is 10.1. The Morgan fingerprint density at radius 3 is 2.86 bits per heavy atom. The van der Waals surface area contributed by atoms with Gasteiger partial charge in [0.1, 0.15) is 0 Å². The van der Waals surface area contributed by atoms with Crippen LogP contribution in [0.4, 0.5) is 0 Å². The van der Waals surface area contributed by atoms with Crippen LogP contribution in [0.15, 0.2) is 29.1 Å². The van der Waals surface area contributed by atoms with E-state index in [0.717, 1.165) is 11.0 Å². The van der Waals surface area contributed by atoms with Crippen molar-refractivity contribution in [1.29, 1.82) is 0 Å². The molecule has 3 N–H and O–H groups in total. The van der Waals surface area contributed by atoms with Gasteiger partial charge in [-0.25, -0.2) is 4.98 Å². The molecular weight excluding hydrogens is 272 g/mol. The van der Waals surface area contributed by atoms with Crippen molar-refractivity contribution in [3.8, 4) is 5.95 Å². The molecule has 7 heteroatoms. The second-order valence-corrected chi connectivity index (χ2v) is 4.83. The zero-order chi connectivity index (χ0) is 15.0. The molecule has 0 saturated carbocycles. The summed E-state index contributed by atoms with van der Waals surface area (Å²) in [6, 6.07) is 7.47. The minimum Gasteiger partial charge on any atom is -0.481 e. The summed E-state index contributed by atoms with van der Waals surface area (Å²) in [5.41, 5.74) is 2.45. The molecule has 3 rings (SSSR count). The third kappa shape index (κ3) is 2.33. The Hall–Kier alpha value is -2.83. The van der Waals surface area contributed by atoms with E-state index in [2.05, 4.69) is 15.1 Å². The lowest BCUT2D eigenvalue weighted by molar-refractivity contribution is -0.136. The normalized spacial score (nSPS) is 11.1. The topological polar surface area (TPSA) is 104 Å². The number of nitrogens with one attached hydrogen (secondary N) is 2. The number of para-hydroxylation sites is 2. The number of nitrogens with zero attached hydrogens (tertiary/aromatic N) is 2. The molecule has 0 amide bonds. The van der Waals surface area contributed by atoms with Crippen molar-refractivity contribution in [2.45, 2.75) is 19.8 Å². The number of aliphatic carboxylic acids is 1. The van der Waals surface area contributed by atoms with E-state index in [1.54, 1.807) is 6.92 Å². The second-order valence-electron chi connectivity index (χ2n) is 4.83. The van der Waals surface area contributed by atoms with Crippen LogP contribution in [0.2, 0.25) is 0 Å². The number of carboxylic acid groups (broad SMARTS) is 1. The molecule has 7 nitrogen and oxygen atoms in total. The van der Waals surface area contributed by atoms with Crippen LogP contribution in [0.5, 0.6) is 0 Å². The van der Waals surface area contributed by atoms with Gasteiger partial charge >= 0.3 is 5.97 Å². The monoisotopic (exact) mass is 286 g/mol. The Labute approximate surface area is 119 Å². The predicted octanol–water partition coefficient (Wildman–Crippen LogP) is 1.37. The Kier molecular flexibility index (Phi) is 3.09. The molecule has 0 aliphatic rings. The van der Waals surface area contributed by atoms with E-state index in [4.69, 9.17) is 5.11 Å². The number of fused-ring (bicyclic) bond motifs is 1. The van der Waals surface area contributed by atoms with Crippen LogP contribution in [0.1, 0.15) is 17.7 Å². The minimum absolute atomic E-state index is 0.0753. The Morgan fingerprint density at radius 2 is 2.14 bits per heavy atom. The number of aryl methyl sites for hydroxylation is 1. The van der Waals surface area contributed by atoms with Crippen LogP contribution in [-0.4, -0.2) is 30.8 Å². The molecule has 0 bridgehead atoms. The van der Waals surface area contributed by atoms with Crippen molar-refractivity contribution in [3.05, 3.63) is 45.9 Å². The zero-order valence-corrected chi connectivity index (χ0v) is 11.4. The molecular formula is C14H14N4O3. The zero-order valence-electron chi connectivity index (χ0n) is 11.4. The summed E-state index contributed by atoms with van der Waals surface area (Å²) >= 11 is 0. The number of carboxylic acids is 1. The van der Waals surface area contributed by atoms with Crippen molar-refractivity contribution in [2.75, 3.05) is 0 Å². The van der Waals surface area contributed by atoms with E-state index in [-0.39, 0.29) is 18.4 Å². The highest BCUT2D eigenvalue weighted by molar-refractivity contribution is 5.75. The SMILES string of the molecule is Cc1[nH]n(-c2nc3ccccc3[nH]2)c(=O)c1CCC(=O)O. The van der Waals surface area contributed by atoms with Gasteiger partial charge in [-0.05, 0) is 25.5 Å². The Bertz CT molecular complexity index is 839. The number of rotatable bonds is 4. The standard InChI is InChI=1S/C14H14N4O3/c1-8-9(6-7-12(19)20)13(21)18(17-8)14-15-10-4-2-3-5-11(10)16-14/h2-5,17H,6-7H2,1H3,(H,15,16)(H,19,20). The van der Waals surface area contributed by atoms with Crippen LogP contribution >= 0.6 is 0 Å². The molecule has 0 aliphatic carbocycles. The smallest absolute Gasteiger partial charge is 0.303 e. The maximum absolute atomic E-state index is 12.4. The van der Waals surface area contributed by atoms with E-state index in [9.17, 15) is 9.59 Å². The molecule has 2 heterocycles. The molecule has 0 fully saturated rings. The summed E-state index contributed by atoms with van der Waals surface area (Å²) in [7, 11) is 0. The van der Waals surface area contributed by atoms with Crippen molar-refractivity contribution >= 4 is 17.0 Å². The quantitative estimate of drug-likeness (QED) is 0.673. The van der Waals surface area contributed by atoms with E-state index in [0.29, 0.717) is 17.2 Å². The number of aromatic amines is 2. The highest BCUT2D eigenvalue weighted by atomic mass is 16.4. The Balaban J connectivity index is 2.04. The van der Waals surface area contributed by atoms with Gasteiger partial charge in [-0.1, -0.05) is 12.1 Å². The van der Waals surface area contributed by atoms with Crippen molar-refractivity contribution in [3.63, 3.8) is 0 Å². The van der Waals surface area contributed by atoms with Gasteiger partial charge in [-0.15, -0.1) is 0 Å². The summed E-state index contributed by atoms with van der Waals surface area (Å²) in [4.78, 5) is 30.4. The summed E-state index contributed by atoms with van der Waals surface area (Å²) in [5.74, 6) is -0.531. The third-order valence-electron chi connectivity index (χ3n) is 3.37. The highest BCUT2D eigenvalue weighted by Gasteiger charge is 2.15. The maximum Gasteiger partial charge on any atom is 0.303 e. The van der Waals surface area contributed by atoms with Crippen LogP contribution in [0.25, 0.3) is 17.0 Å². The van der Waals surface area contributed by atoms with Gasteiger partial charge in [0, 0.05) is 17.7 Å². The van der Waals surface area contributed by atoms with Gasteiger partial charge in [0.25, 0.3) is 5.56 Å². The lowest BCUT2D eigenvalue weighted by Crippen LogP contribution is -2.19. The van der Waals surface area contributed by atoms with Crippen molar-refractivity contribution in [1.82, 2.24) is 19.7 Å². The van der Waals surface area contributed by atoms with Crippen LogP contribution in [0, 0.1) is 6.92 Å². The first-order valence-electron chi connectivity index (χ1n) is 6.53. The summed E-state index contributed by atoms with van der Waals surface area (Å²) in [5, 5.41) is 11.7. The van der Waals surface area contributed by atoms with Gasteiger partial charge in [0.15, 0.2) is 0 Å². The summed E-state index contributed by atoms with van der Waals surface area (Å²) < 4.78 is 1.31. The summed E-state index contributed by atoms with van der Waals surface area (Å²) in [6.07, 6.45) is 0.123. The lowest BCUT2D eigenvalue weighted by Gasteiger charge is -1.94. The predicted molar refractivity (Wildman–Crippen MR) is 76.7 cm³/mol. The number of H-pyrrole nitrogens is 2. The highest BCUT2D eigenvalue weighted by Crippen LogP contribution is 2.13. The molecule has 3 aromatic rings. The number of carbonyl (C=O) groups is 1. The molecule has 1 aromatic carbocycles. The van der Waals surface area contributed by atoms with E-state index < -0.39 is 5.97 Å². The molecule has 108 valence electrons. The fourth-order valence-corrected chi connectivity index (χ4v) is 2.30. The first kappa shape index (κ1) is 13.2. The number of aromatic nitrogens is 4. The fraction of sp³-hybridized carbons (Fsp3) is 0.214. The third-order valence-corrected chi connectivity index (χ3v) is 3.37. The molecule has 2 aromatic heterocycles. The average Bonchev–Trinajstić information content (AvgIpc) is 2.98. The van der Waals surface area contributed by atoms with Crippen LogP contribution in [0.3, 0.4) is 0 Å². The first-order chi connectivity index (χ1) is 10.1. The fourth-order valence-electron chi connectivity index (χ4n) is 2.30. The minimum atomic E-state index is -0.926. The van der Waals surface area contributed by atoms with Gasteiger partial charge < -0.3 is 10.1 Å². The second kappa shape index (κ2) is 4.93. The van der Waals surface area contributed by atoms with Gasteiger partial charge in [0.05, 0.1) is 11.0 Å². The average molecular weight is 286 g/mol. The number of imidazole rings is 1. The molecule has 21 heavy (non-hydrogen) atoms. The molecule has 0 atom stereocenters. The van der Waals surface area contributed by atoms with Crippen molar-refractivity contribution in [2.24, 2.45) is 0 Å². The maximum atomic E-state index is 12.4. The van der Waals surface area contributed by atoms with Gasteiger partial charge in [-0.2, -0.15) is 4.68 Å². The molecule has 0 saturated heterocycles. The molecule has 0 aliphatic heterocycles. The van der Waals surface area contributed by atoms with E-state index in [1.165, 1.54) is 4.68 Å². The van der Waals surface area contributed by atoms with E-state index >= 15 is 0 Å².